The summed E-state index contributed by atoms with van der Waals surface area (Å²) in [5.41, 5.74) is 7.44. The summed E-state index contributed by atoms with van der Waals surface area (Å²) in [5.74, 6) is 0.320. The summed E-state index contributed by atoms with van der Waals surface area (Å²) in [6.45, 7) is 0. The van der Waals surface area contributed by atoms with E-state index in [-0.39, 0.29) is 0 Å². The van der Waals surface area contributed by atoms with Gasteiger partial charge in [0.25, 0.3) is 0 Å². The number of carbonyl (C=O) groups excluding carboxylic acids is 1. The lowest BCUT2D eigenvalue weighted by Crippen LogP contribution is -2.10. The van der Waals surface area contributed by atoms with E-state index in [2.05, 4.69) is 15.3 Å². The molecule has 0 aliphatic heterocycles. The first-order chi connectivity index (χ1) is 9.24. The van der Waals surface area contributed by atoms with Crippen LogP contribution < -0.4 is 11.1 Å². The number of nitrogens with one attached hydrogen (secondary N) is 1. The smallest absolute Gasteiger partial charge is 0.248 e. The van der Waals surface area contributed by atoms with Crippen molar-refractivity contribution in [3.63, 3.8) is 0 Å². The first-order valence-corrected chi connectivity index (χ1v) is 6.47. The first-order valence-electron chi connectivity index (χ1n) is 5.59. The lowest BCUT2D eigenvalue weighted by atomic mass is 10.2. The van der Waals surface area contributed by atoms with Crippen molar-refractivity contribution in [1.29, 1.82) is 0 Å². The molecule has 2 aromatic heterocycles. The number of nitrogens with zero attached hydrogens (tertiary/aromatic N) is 2. The van der Waals surface area contributed by atoms with E-state index < -0.39 is 5.91 Å². The third-order valence-corrected chi connectivity index (χ3v) is 3.59. The molecule has 1 aromatic carbocycles. The monoisotopic (exact) mass is 270 g/mol. The molecule has 2 heterocycles. The second-order valence-corrected chi connectivity index (χ2v) is 4.84. The largest absolute Gasteiger partial charge is 0.366 e. The fourth-order valence-corrected chi connectivity index (χ4v) is 2.52. The van der Waals surface area contributed by atoms with Gasteiger partial charge in [-0.3, -0.25) is 4.79 Å². The number of benzene rings is 1. The van der Waals surface area contributed by atoms with E-state index in [4.69, 9.17) is 5.73 Å². The Hall–Kier alpha value is -2.47. The standard InChI is InChI=1S/C13H10N4OS/c14-12(18)8-1-3-9(4-2-8)17-13-11-10(5-6-19-11)15-7-16-13/h1-7H,(H2,14,18)(H,15,16,17). The predicted octanol–water partition coefficient (Wildman–Crippen LogP) is 2.53. The number of fused-ring (bicyclic) bond motifs is 1. The number of rotatable bonds is 3. The third-order valence-electron chi connectivity index (χ3n) is 2.68. The minimum atomic E-state index is -0.436. The number of primary amides is 1. The average molecular weight is 270 g/mol. The zero-order valence-electron chi connectivity index (χ0n) is 9.83. The molecule has 0 saturated carbocycles. The molecular formula is C13H10N4OS. The van der Waals surface area contributed by atoms with E-state index >= 15 is 0 Å². The fourth-order valence-electron chi connectivity index (χ4n) is 1.73. The molecule has 0 bridgehead atoms. The van der Waals surface area contributed by atoms with Crippen LogP contribution >= 0.6 is 11.3 Å². The molecule has 0 atom stereocenters. The van der Waals surface area contributed by atoms with E-state index in [1.165, 1.54) is 6.33 Å². The number of aromatic nitrogens is 2. The van der Waals surface area contributed by atoms with Crippen LogP contribution in [0.2, 0.25) is 0 Å². The highest BCUT2D eigenvalue weighted by Gasteiger charge is 2.05. The Bertz CT molecular complexity index is 736. The second kappa shape index (κ2) is 4.66. The van der Waals surface area contributed by atoms with Crippen LogP contribution in [0.3, 0.4) is 0 Å². The fraction of sp³-hybridized carbons (Fsp3) is 0. The van der Waals surface area contributed by atoms with Gasteiger partial charge in [0.1, 0.15) is 6.33 Å². The van der Waals surface area contributed by atoms with E-state index in [1.807, 2.05) is 11.4 Å². The van der Waals surface area contributed by atoms with E-state index in [0.29, 0.717) is 5.56 Å². The molecule has 5 nitrogen and oxygen atoms in total. The second-order valence-electron chi connectivity index (χ2n) is 3.92. The van der Waals surface area contributed by atoms with Gasteiger partial charge in [-0.15, -0.1) is 11.3 Å². The van der Waals surface area contributed by atoms with Crippen LogP contribution in [0.5, 0.6) is 0 Å². The Morgan fingerprint density at radius 2 is 1.95 bits per heavy atom. The van der Waals surface area contributed by atoms with Crippen LogP contribution in [0.15, 0.2) is 42.0 Å². The molecule has 3 N–H and O–H groups in total. The van der Waals surface area contributed by atoms with Gasteiger partial charge in [-0.2, -0.15) is 0 Å². The van der Waals surface area contributed by atoms with Crippen molar-refractivity contribution >= 4 is 39.0 Å². The summed E-state index contributed by atoms with van der Waals surface area (Å²) in [6.07, 6.45) is 1.52. The summed E-state index contributed by atoms with van der Waals surface area (Å²) >= 11 is 1.58. The normalized spacial score (nSPS) is 10.5. The SMILES string of the molecule is NC(=O)c1ccc(Nc2ncnc3ccsc23)cc1. The molecule has 0 radical (unpaired) electrons. The lowest BCUT2D eigenvalue weighted by Gasteiger charge is -2.06. The average Bonchev–Trinajstić information content (AvgIpc) is 2.89. The number of hydrogen-bond donors (Lipinski definition) is 2. The molecule has 3 aromatic rings. The number of anilines is 2. The van der Waals surface area contributed by atoms with Crippen LogP contribution in [0.4, 0.5) is 11.5 Å². The first kappa shape index (κ1) is 11.6. The van der Waals surface area contributed by atoms with Crippen LogP contribution in [0, 0.1) is 0 Å². The van der Waals surface area contributed by atoms with Gasteiger partial charge in [0, 0.05) is 11.3 Å². The Kier molecular flexibility index (Phi) is 2.85. The molecule has 6 heteroatoms. The molecule has 0 spiro atoms. The van der Waals surface area contributed by atoms with Gasteiger partial charge in [0.2, 0.25) is 5.91 Å². The van der Waals surface area contributed by atoms with Gasteiger partial charge in [-0.1, -0.05) is 0 Å². The van der Waals surface area contributed by atoms with Crippen LogP contribution in [-0.2, 0) is 0 Å². The van der Waals surface area contributed by atoms with Crippen LogP contribution in [0.1, 0.15) is 10.4 Å². The van der Waals surface area contributed by atoms with E-state index in [0.717, 1.165) is 21.7 Å². The molecule has 3 rings (SSSR count). The lowest BCUT2D eigenvalue weighted by molar-refractivity contribution is 0.100. The number of hydrogen-bond acceptors (Lipinski definition) is 5. The van der Waals surface area contributed by atoms with Crippen molar-refractivity contribution < 1.29 is 4.79 Å². The minimum absolute atomic E-state index is 0.436. The zero-order chi connectivity index (χ0) is 13.2. The van der Waals surface area contributed by atoms with Gasteiger partial charge in [0.15, 0.2) is 5.82 Å². The van der Waals surface area contributed by atoms with Gasteiger partial charge >= 0.3 is 0 Å². The molecule has 1 amide bonds. The highest BCUT2D eigenvalue weighted by atomic mass is 32.1. The highest BCUT2D eigenvalue weighted by Crippen LogP contribution is 2.27. The Morgan fingerprint density at radius 1 is 1.16 bits per heavy atom. The Labute approximate surface area is 113 Å². The van der Waals surface area contributed by atoms with Gasteiger partial charge in [0.05, 0.1) is 10.2 Å². The molecule has 94 valence electrons. The van der Waals surface area contributed by atoms with Crippen molar-refractivity contribution in [3.05, 3.63) is 47.6 Å². The van der Waals surface area contributed by atoms with Crippen molar-refractivity contribution in [3.8, 4) is 0 Å². The summed E-state index contributed by atoms with van der Waals surface area (Å²) in [7, 11) is 0. The zero-order valence-corrected chi connectivity index (χ0v) is 10.6. The maximum Gasteiger partial charge on any atom is 0.248 e. The molecule has 0 saturated heterocycles. The minimum Gasteiger partial charge on any atom is -0.366 e. The van der Waals surface area contributed by atoms with Gasteiger partial charge < -0.3 is 11.1 Å². The van der Waals surface area contributed by atoms with E-state index in [1.54, 1.807) is 35.6 Å². The quantitative estimate of drug-likeness (QED) is 0.766. The number of nitrogens with two attached hydrogens (primary N) is 1. The van der Waals surface area contributed by atoms with Gasteiger partial charge in [-0.25, -0.2) is 9.97 Å². The Morgan fingerprint density at radius 3 is 2.68 bits per heavy atom. The summed E-state index contributed by atoms with van der Waals surface area (Å²) in [5, 5.41) is 5.18. The summed E-state index contributed by atoms with van der Waals surface area (Å²) in [4.78, 5) is 19.4. The third kappa shape index (κ3) is 2.25. The van der Waals surface area contributed by atoms with Crippen molar-refractivity contribution in [2.45, 2.75) is 0 Å². The molecule has 0 unspecified atom stereocenters. The summed E-state index contributed by atoms with van der Waals surface area (Å²) < 4.78 is 1.00. The van der Waals surface area contributed by atoms with Gasteiger partial charge in [-0.05, 0) is 35.7 Å². The van der Waals surface area contributed by atoms with Crippen molar-refractivity contribution in [2.75, 3.05) is 5.32 Å². The maximum atomic E-state index is 11.0. The Balaban J connectivity index is 1.92. The van der Waals surface area contributed by atoms with Crippen molar-refractivity contribution in [1.82, 2.24) is 9.97 Å². The molecule has 0 aliphatic carbocycles. The number of carbonyl (C=O) groups is 1. The molecule has 0 fully saturated rings. The van der Waals surface area contributed by atoms with Crippen LogP contribution in [0.25, 0.3) is 10.2 Å². The molecule has 0 aliphatic rings. The molecular weight excluding hydrogens is 260 g/mol. The van der Waals surface area contributed by atoms with E-state index in [9.17, 15) is 4.79 Å². The topological polar surface area (TPSA) is 80.9 Å². The number of thiophene rings is 1. The molecule has 19 heavy (non-hydrogen) atoms. The highest BCUT2D eigenvalue weighted by molar-refractivity contribution is 7.17. The maximum absolute atomic E-state index is 11.0. The predicted molar refractivity (Wildman–Crippen MR) is 75.7 cm³/mol. The van der Waals surface area contributed by atoms with Crippen molar-refractivity contribution in [2.24, 2.45) is 5.73 Å². The van der Waals surface area contributed by atoms with Crippen LogP contribution in [-0.4, -0.2) is 15.9 Å². The summed E-state index contributed by atoms with van der Waals surface area (Å²) in [6, 6.07) is 8.89. The number of amides is 1.